The molecule has 0 aliphatic heterocycles. The molecule has 0 bridgehead atoms. The summed E-state index contributed by atoms with van der Waals surface area (Å²) in [6, 6.07) is 11.9. The van der Waals surface area contributed by atoms with Crippen LogP contribution in [0, 0.1) is 11.3 Å². The first-order chi connectivity index (χ1) is 8.27. The van der Waals surface area contributed by atoms with Crippen LogP contribution < -0.4 is 4.90 Å². The van der Waals surface area contributed by atoms with Gasteiger partial charge in [-0.1, -0.05) is 18.2 Å². The second-order valence-electron chi connectivity index (χ2n) is 3.56. The number of nitrogens with zero attached hydrogens (tertiary/aromatic N) is 2. The van der Waals surface area contributed by atoms with Gasteiger partial charge < -0.3 is 9.64 Å². The first kappa shape index (κ1) is 13.0. The highest BCUT2D eigenvalue weighted by Gasteiger charge is 2.08. The van der Waals surface area contributed by atoms with Crippen LogP contribution in [0.4, 0.5) is 5.69 Å². The molecule has 0 saturated heterocycles. The Morgan fingerprint density at radius 3 is 2.65 bits per heavy atom. The third-order valence-electron chi connectivity index (χ3n) is 2.43. The van der Waals surface area contributed by atoms with Gasteiger partial charge in [0.25, 0.3) is 0 Å². The third kappa shape index (κ3) is 4.56. The molecule has 1 aromatic rings. The SMILES string of the molecule is COC(=O)CCN(CCC#N)c1ccccc1. The van der Waals surface area contributed by atoms with E-state index in [1.54, 1.807) is 0 Å². The molecule has 90 valence electrons. The predicted octanol–water partition coefficient (Wildman–Crippen LogP) is 1.97. The number of benzene rings is 1. The van der Waals surface area contributed by atoms with Gasteiger partial charge in [0.05, 0.1) is 26.0 Å². The van der Waals surface area contributed by atoms with E-state index in [0.717, 1.165) is 5.69 Å². The van der Waals surface area contributed by atoms with E-state index < -0.39 is 0 Å². The molecule has 0 N–H and O–H groups in total. The van der Waals surface area contributed by atoms with Crippen LogP contribution in [0.1, 0.15) is 12.8 Å². The molecule has 0 saturated carbocycles. The number of carbonyl (C=O) groups excluding carboxylic acids is 1. The molecule has 0 unspecified atom stereocenters. The number of esters is 1. The fourth-order valence-corrected chi connectivity index (χ4v) is 1.52. The summed E-state index contributed by atoms with van der Waals surface area (Å²) in [5.74, 6) is -0.233. The molecule has 0 aliphatic carbocycles. The van der Waals surface area contributed by atoms with E-state index in [1.165, 1.54) is 7.11 Å². The van der Waals surface area contributed by atoms with Crippen LogP contribution in [0.5, 0.6) is 0 Å². The molecule has 4 heteroatoms. The van der Waals surface area contributed by atoms with Gasteiger partial charge in [0.15, 0.2) is 0 Å². The lowest BCUT2D eigenvalue weighted by Crippen LogP contribution is -2.27. The maximum absolute atomic E-state index is 11.1. The maximum Gasteiger partial charge on any atom is 0.307 e. The fourth-order valence-electron chi connectivity index (χ4n) is 1.52. The molecule has 0 heterocycles. The standard InChI is InChI=1S/C13H16N2O2/c1-17-13(16)8-11-15(10-5-9-14)12-6-3-2-4-7-12/h2-4,6-7H,5,8,10-11H2,1H3. The summed E-state index contributed by atoms with van der Waals surface area (Å²) in [7, 11) is 1.38. The van der Waals surface area contributed by atoms with Crippen molar-refractivity contribution in [2.24, 2.45) is 0 Å². The normalized spacial score (nSPS) is 9.41. The minimum Gasteiger partial charge on any atom is -0.469 e. The topological polar surface area (TPSA) is 53.3 Å². The van der Waals surface area contributed by atoms with Crippen molar-refractivity contribution < 1.29 is 9.53 Å². The van der Waals surface area contributed by atoms with E-state index in [-0.39, 0.29) is 5.97 Å². The van der Waals surface area contributed by atoms with Crippen LogP contribution in [0.2, 0.25) is 0 Å². The van der Waals surface area contributed by atoms with Crippen LogP contribution in [-0.2, 0) is 9.53 Å². The number of rotatable bonds is 6. The molecule has 0 fully saturated rings. The summed E-state index contributed by atoms with van der Waals surface area (Å²) >= 11 is 0. The Hall–Kier alpha value is -2.02. The number of methoxy groups -OCH3 is 1. The number of nitriles is 1. The zero-order valence-corrected chi connectivity index (χ0v) is 9.93. The van der Waals surface area contributed by atoms with Crippen LogP contribution in [-0.4, -0.2) is 26.2 Å². The molecule has 0 radical (unpaired) electrons. The van der Waals surface area contributed by atoms with Crippen LogP contribution in [0.3, 0.4) is 0 Å². The molecular formula is C13H16N2O2. The van der Waals surface area contributed by atoms with Gasteiger partial charge in [-0.25, -0.2) is 0 Å². The van der Waals surface area contributed by atoms with Gasteiger partial charge in [-0.2, -0.15) is 5.26 Å². The molecule has 4 nitrogen and oxygen atoms in total. The smallest absolute Gasteiger partial charge is 0.307 e. The Morgan fingerprint density at radius 1 is 1.35 bits per heavy atom. The first-order valence-electron chi connectivity index (χ1n) is 5.51. The van der Waals surface area contributed by atoms with Gasteiger partial charge >= 0.3 is 5.97 Å². The quantitative estimate of drug-likeness (QED) is 0.704. The van der Waals surface area contributed by atoms with Crippen molar-refractivity contribution in [1.29, 1.82) is 5.26 Å². The number of anilines is 1. The van der Waals surface area contributed by atoms with E-state index in [0.29, 0.717) is 25.9 Å². The van der Waals surface area contributed by atoms with Gasteiger partial charge in [0.2, 0.25) is 0 Å². The van der Waals surface area contributed by atoms with E-state index in [1.807, 2.05) is 35.2 Å². The van der Waals surface area contributed by atoms with E-state index >= 15 is 0 Å². The maximum atomic E-state index is 11.1. The lowest BCUT2D eigenvalue weighted by atomic mass is 10.2. The van der Waals surface area contributed by atoms with Crippen molar-refractivity contribution in [3.63, 3.8) is 0 Å². The number of hydrogen-bond acceptors (Lipinski definition) is 4. The number of hydrogen-bond donors (Lipinski definition) is 0. The Kier molecular flexibility index (Phi) is 5.59. The van der Waals surface area contributed by atoms with Gasteiger partial charge in [-0.15, -0.1) is 0 Å². The average molecular weight is 232 g/mol. The van der Waals surface area contributed by atoms with Crippen molar-refractivity contribution in [2.45, 2.75) is 12.8 Å². The summed E-state index contributed by atoms with van der Waals surface area (Å²) in [5.41, 5.74) is 1.02. The number of ether oxygens (including phenoxy) is 1. The second-order valence-corrected chi connectivity index (χ2v) is 3.56. The van der Waals surface area contributed by atoms with Crippen LogP contribution in [0.15, 0.2) is 30.3 Å². The Labute approximate surface area is 101 Å². The lowest BCUT2D eigenvalue weighted by molar-refractivity contribution is -0.140. The van der Waals surface area contributed by atoms with Crippen molar-refractivity contribution in [1.82, 2.24) is 0 Å². The summed E-state index contributed by atoms with van der Waals surface area (Å²) < 4.78 is 4.61. The molecule has 0 amide bonds. The van der Waals surface area contributed by atoms with Gasteiger partial charge in [-0.3, -0.25) is 4.79 Å². The Bertz CT molecular complexity index is 384. The largest absolute Gasteiger partial charge is 0.469 e. The minimum atomic E-state index is -0.233. The van der Waals surface area contributed by atoms with Crippen molar-refractivity contribution in [2.75, 3.05) is 25.1 Å². The monoisotopic (exact) mass is 232 g/mol. The first-order valence-corrected chi connectivity index (χ1v) is 5.51. The fraction of sp³-hybridized carbons (Fsp3) is 0.385. The average Bonchev–Trinajstić information content (AvgIpc) is 2.39. The van der Waals surface area contributed by atoms with E-state index in [9.17, 15) is 4.79 Å². The Balaban J connectivity index is 2.61. The highest BCUT2D eigenvalue weighted by Crippen LogP contribution is 2.13. The molecule has 0 spiro atoms. The van der Waals surface area contributed by atoms with Crippen LogP contribution >= 0.6 is 0 Å². The number of para-hydroxylation sites is 1. The van der Waals surface area contributed by atoms with Crippen LogP contribution in [0.25, 0.3) is 0 Å². The predicted molar refractivity (Wildman–Crippen MR) is 65.5 cm³/mol. The third-order valence-corrected chi connectivity index (χ3v) is 2.43. The van der Waals surface area contributed by atoms with E-state index in [4.69, 9.17) is 5.26 Å². The van der Waals surface area contributed by atoms with Gasteiger partial charge in [-0.05, 0) is 12.1 Å². The second kappa shape index (κ2) is 7.29. The van der Waals surface area contributed by atoms with Crippen molar-refractivity contribution >= 4 is 11.7 Å². The molecular weight excluding hydrogens is 216 g/mol. The summed E-state index contributed by atoms with van der Waals surface area (Å²) in [5, 5.41) is 8.62. The summed E-state index contributed by atoms with van der Waals surface area (Å²) in [6.07, 6.45) is 0.771. The summed E-state index contributed by atoms with van der Waals surface area (Å²) in [4.78, 5) is 13.1. The summed E-state index contributed by atoms with van der Waals surface area (Å²) in [6.45, 7) is 1.19. The van der Waals surface area contributed by atoms with Crippen molar-refractivity contribution in [3.8, 4) is 6.07 Å². The molecule has 0 aromatic heterocycles. The molecule has 0 aliphatic rings. The van der Waals surface area contributed by atoms with Crippen molar-refractivity contribution in [3.05, 3.63) is 30.3 Å². The zero-order chi connectivity index (χ0) is 12.5. The zero-order valence-electron chi connectivity index (χ0n) is 9.93. The highest BCUT2D eigenvalue weighted by atomic mass is 16.5. The number of carbonyl (C=O) groups is 1. The molecule has 1 rings (SSSR count). The van der Waals surface area contributed by atoms with Gasteiger partial charge in [0.1, 0.15) is 0 Å². The molecule has 17 heavy (non-hydrogen) atoms. The van der Waals surface area contributed by atoms with Gasteiger partial charge in [0, 0.05) is 18.8 Å². The minimum absolute atomic E-state index is 0.233. The highest BCUT2D eigenvalue weighted by molar-refractivity contribution is 5.70. The lowest BCUT2D eigenvalue weighted by Gasteiger charge is -2.23. The van der Waals surface area contributed by atoms with E-state index in [2.05, 4.69) is 10.8 Å². The molecule has 0 atom stereocenters. The Morgan fingerprint density at radius 2 is 2.06 bits per heavy atom. The molecule has 1 aromatic carbocycles.